The van der Waals surface area contributed by atoms with Gasteiger partial charge in [0.05, 0.1) is 0 Å². The highest BCUT2D eigenvalue weighted by atomic mass is 32.1. The maximum Gasteiger partial charge on any atom is 0.202 e. The van der Waals surface area contributed by atoms with Crippen molar-refractivity contribution < 1.29 is 0 Å². The number of anilines is 1. The van der Waals surface area contributed by atoms with E-state index in [1.54, 1.807) is 6.20 Å². The molecule has 2 N–H and O–H groups in total. The Kier molecular flexibility index (Phi) is 4.07. The molecular weight excluding hydrogens is 258 g/mol. The molecule has 0 bridgehead atoms. The average molecular weight is 277 g/mol. The number of aromatic amines is 1. The molecule has 3 rings (SSSR count). The lowest BCUT2D eigenvalue weighted by Crippen LogP contribution is -2.07. The Bertz CT molecular complexity index is 487. The predicted molar refractivity (Wildman–Crippen MR) is 76.5 cm³/mol. The maximum atomic E-state index is 4.62. The van der Waals surface area contributed by atoms with Crippen molar-refractivity contribution in [2.24, 2.45) is 0 Å². The molecule has 0 radical (unpaired) electrons. The summed E-state index contributed by atoms with van der Waals surface area (Å²) in [5.74, 6) is 1.64. The van der Waals surface area contributed by atoms with Crippen LogP contribution < -0.4 is 5.32 Å². The molecule has 0 aliphatic heterocycles. The van der Waals surface area contributed by atoms with Gasteiger partial charge in [0, 0.05) is 42.3 Å². The molecular formula is C13H19N5S. The van der Waals surface area contributed by atoms with E-state index in [-0.39, 0.29) is 0 Å². The van der Waals surface area contributed by atoms with Crippen LogP contribution in [-0.2, 0) is 6.42 Å². The molecule has 5 nitrogen and oxygen atoms in total. The van der Waals surface area contributed by atoms with Gasteiger partial charge >= 0.3 is 0 Å². The number of H-pyrrole nitrogens is 1. The number of hydrogen-bond donors (Lipinski definition) is 2. The van der Waals surface area contributed by atoms with Crippen LogP contribution in [0.5, 0.6) is 0 Å². The standard InChI is InChI=1S/C13H19N5S/c1-2-4-10(5-3-1)12-16-13(19-18-12)14-8-6-11-7-9-15-17-11/h7,9-10H,1-6,8H2,(H,15,17)(H,14,16,18). The van der Waals surface area contributed by atoms with Crippen molar-refractivity contribution >= 4 is 16.7 Å². The fourth-order valence-electron chi connectivity index (χ4n) is 2.56. The first-order valence-corrected chi connectivity index (χ1v) is 7.75. The Morgan fingerprint density at radius 1 is 1.32 bits per heavy atom. The lowest BCUT2D eigenvalue weighted by atomic mass is 9.89. The second kappa shape index (κ2) is 6.14. The van der Waals surface area contributed by atoms with Gasteiger partial charge in [-0.1, -0.05) is 19.3 Å². The molecule has 2 aromatic heterocycles. The molecule has 0 amide bonds. The first-order chi connectivity index (χ1) is 9.42. The maximum absolute atomic E-state index is 4.62. The molecule has 1 saturated carbocycles. The number of aromatic nitrogens is 4. The van der Waals surface area contributed by atoms with Crippen LogP contribution in [0, 0.1) is 0 Å². The van der Waals surface area contributed by atoms with E-state index in [1.807, 2.05) is 6.07 Å². The summed E-state index contributed by atoms with van der Waals surface area (Å²) in [6, 6.07) is 2.00. The van der Waals surface area contributed by atoms with Crippen molar-refractivity contribution in [1.82, 2.24) is 19.6 Å². The van der Waals surface area contributed by atoms with Gasteiger partial charge in [-0.2, -0.15) is 9.47 Å². The minimum absolute atomic E-state index is 0.591. The first kappa shape index (κ1) is 12.6. The molecule has 0 saturated heterocycles. The van der Waals surface area contributed by atoms with Gasteiger partial charge < -0.3 is 5.32 Å². The summed E-state index contributed by atoms with van der Waals surface area (Å²) in [4.78, 5) is 4.62. The third kappa shape index (κ3) is 3.32. The number of hydrogen-bond acceptors (Lipinski definition) is 5. The van der Waals surface area contributed by atoms with Crippen LogP contribution in [0.2, 0.25) is 0 Å². The molecule has 1 fully saturated rings. The third-order valence-electron chi connectivity index (χ3n) is 3.64. The highest BCUT2D eigenvalue weighted by Gasteiger charge is 2.19. The Morgan fingerprint density at radius 2 is 2.21 bits per heavy atom. The smallest absolute Gasteiger partial charge is 0.202 e. The van der Waals surface area contributed by atoms with Gasteiger partial charge in [-0.15, -0.1) is 0 Å². The second-order valence-electron chi connectivity index (χ2n) is 5.05. The number of rotatable bonds is 5. The van der Waals surface area contributed by atoms with Crippen LogP contribution in [0.1, 0.15) is 49.5 Å². The number of nitrogens with one attached hydrogen (secondary N) is 2. The van der Waals surface area contributed by atoms with Crippen LogP contribution in [-0.4, -0.2) is 26.1 Å². The summed E-state index contributed by atoms with van der Waals surface area (Å²) >= 11 is 1.48. The van der Waals surface area contributed by atoms with Gasteiger partial charge in [0.25, 0.3) is 0 Å². The van der Waals surface area contributed by atoms with E-state index in [0.717, 1.165) is 29.6 Å². The van der Waals surface area contributed by atoms with Crippen LogP contribution in [0.25, 0.3) is 0 Å². The quantitative estimate of drug-likeness (QED) is 0.881. The van der Waals surface area contributed by atoms with Crippen LogP contribution in [0.15, 0.2) is 12.3 Å². The van der Waals surface area contributed by atoms with Gasteiger partial charge in [-0.25, -0.2) is 4.98 Å². The molecule has 19 heavy (non-hydrogen) atoms. The van der Waals surface area contributed by atoms with Gasteiger partial charge in [0.1, 0.15) is 5.82 Å². The van der Waals surface area contributed by atoms with E-state index in [9.17, 15) is 0 Å². The summed E-state index contributed by atoms with van der Waals surface area (Å²) in [5.41, 5.74) is 1.14. The monoisotopic (exact) mass is 277 g/mol. The second-order valence-corrected chi connectivity index (χ2v) is 5.80. The van der Waals surface area contributed by atoms with E-state index in [2.05, 4.69) is 24.9 Å². The summed E-state index contributed by atoms with van der Waals surface area (Å²) in [6.07, 6.45) is 9.24. The summed E-state index contributed by atoms with van der Waals surface area (Å²) in [5, 5.41) is 11.2. The van der Waals surface area contributed by atoms with E-state index in [0.29, 0.717) is 5.92 Å². The molecule has 0 spiro atoms. The van der Waals surface area contributed by atoms with Crippen LogP contribution in [0.4, 0.5) is 5.13 Å². The SMILES string of the molecule is c1cc(CCNc2nc(C3CCCCC3)ns2)[nH]n1. The highest BCUT2D eigenvalue weighted by Crippen LogP contribution is 2.32. The third-order valence-corrected chi connectivity index (χ3v) is 4.33. The van der Waals surface area contributed by atoms with E-state index in [1.165, 1.54) is 43.6 Å². The van der Waals surface area contributed by atoms with Gasteiger partial charge in [0.15, 0.2) is 0 Å². The largest absolute Gasteiger partial charge is 0.360 e. The van der Waals surface area contributed by atoms with Crippen molar-refractivity contribution in [2.45, 2.75) is 44.4 Å². The molecule has 2 aromatic rings. The van der Waals surface area contributed by atoms with Crippen molar-refractivity contribution in [3.8, 4) is 0 Å². The van der Waals surface area contributed by atoms with Gasteiger partial charge in [0.2, 0.25) is 5.13 Å². The van der Waals surface area contributed by atoms with Crippen molar-refractivity contribution in [3.05, 3.63) is 23.8 Å². The first-order valence-electron chi connectivity index (χ1n) is 6.97. The molecule has 2 heterocycles. The Balaban J connectivity index is 1.50. The van der Waals surface area contributed by atoms with E-state index >= 15 is 0 Å². The Morgan fingerprint density at radius 3 is 3.00 bits per heavy atom. The molecule has 6 heteroatoms. The zero-order valence-electron chi connectivity index (χ0n) is 10.9. The molecule has 0 aromatic carbocycles. The summed E-state index contributed by atoms with van der Waals surface area (Å²) in [7, 11) is 0. The van der Waals surface area contributed by atoms with Crippen LogP contribution in [0.3, 0.4) is 0 Å². The summed E-state index contributed by atoms with van der Waals surface area (Å²) < 4.78 is 4.50. The molecule has 1 aliphatic carbocycles. The van der Waals surface area contributed by atoms with Gasteiger partial charge in [-0.05, 0) is 18.9 Å². The normalized spacial score (nSPS) is 16.6. The van der Waals surface area contributed by atoms with Gasteiger partial charge in [-0.3, -0.25) is 5.10 Å². The minimum atomic E-state index is 0.591. The Hall–Kier alpha value is -1.43. The highest BCUT2D eigenvalue weighted by molar-refractivity contribution is 7.09. The van der Waals surface area contributed by atoms with Crippen LogP contribution >= 0.6 is 11.5 Å². The lowest BCUT2D eigenvalue weighted by Gasteiger charge is -2.18. The molecule has 1 aliphatic rings. The van der Waals surface area contributed by atoms with Crippen molar-refractivity contribution in [2.75, 3.05) is 11.9 Å². The fourth-order valence-corrected chi connectivity index (χ4v) is 3.23. The predicted octanol–water partition coefficient (Wildman–Crippen LogP) is 2.96. The Labute approximate surface area is 117 Å². The minimum Gasteiger partial charge on any atom is -0.360 e. The molecule has 102 valence electrons. The van der Waals surface area contributed by atoms with Crippen molar-refractivity contribution in [3.63, 3.8) is 0 Å². The topological polar surface area (TPSA) is 66.5 Å². The van der Waals surface area contributed by atoms with Crippen molar-refractivity contribution in [1.29, 1.82) is 0 Å². The van der Waals surface area contributed by atoms with E-state index < -0.39 is 0 Å². The summed E-state index contributed by atoms with van der Waals surface area (Å²) in [6.45, 7) is 0.863. The molecule has 0 unspecified atom stereocenters. The van der Waals surface area contributed by atoms with E-state index in [4.69, 9.17) is 0 Å². The zero-order valence-corrected chi connectivity index (χ0v) is 11.7. The molecule has 0 atom stereocenters. The number of nitrogens with zero attached hydrogens (tertiary/aromatic N) is 3. The fraction of sp³-hybridized carbons (Fsp3) is 0.615. The zero-order chi connectivity index (χ0) is 12.9. The lowest BCUT2D eigenvalue weighted by molar-refractivity contribution is 0.432. The average Bonchev–Trinajstić information content (AvgIpc) is 3.11.